The number of carbonyl (C=O) groups is 1. The quantitative estimate of drug-likeness (QED) is 0.685. The van der Waals surface area contributed by atoms with E-state index in [1.54, 1.807) is 20.3 Å². The highest BCUT2D eigenvalue weighted by Crippen LogP contribution is 2.29. The molecule has 1 aliphatic rings. The minimum atomic E-state index is -3.59. The summed E-state index contributed by atoms with van der Waals surface area (Å²) in [7, 11) is -0.422. The number of nitrogens with one attached hydrogen (secondary N) is 1. The summed E-state index contributed by atoms with van der Waals surface area (Å²) in [5.41, 5.74) is 3.44. The molecule has 7 nitrogen and oxygen atoms in total. The molecule has 0 spiro atoms. The van der Waals surface area contributed by atoms with E-state index in [-0.39, 0.29) is 11.8 Å². The zero-order valence-corrected chi connectivity index (χ0v) is 20.2. The number of carbonyl (C=O) groups excluding carboxylic acids is 1. The molecule has 0 atom stereocenters. The van der Waals surface area contributed by atoms with Crippen LogP contribution in [0.5, 0.6) is 11.5 Å². The highest BCUT2D eigenvalue weighted by Gasteiger charge is 2.33. The van der Waals surface area contributed by atoms with Crippen LogP contribution in [0.15, 0.2) is 35.2 Å². The van der Waals surface area contributed by atoms with Crippen molar-refractivity contribution in [2.75, 3.05) is 27.3 Å². The number of ether oxygens (including phenoxy) is 2. The summed E-state index contributed by atoms with van der Waals surface area (Å²) in [6, 6.07) is 9.27. The molecular weight excluding hydrogens is 428 g/mol. The van der Waals surface area contributed by atoms with Gasteiger partial charge in [0.05, 0.1) is 19.1 Å². The Balaban J connectivity index is 1.61. The molecule has 0 unspecified atom stereocenters. The summed E-state index contributed by atoms with van der Waals surface area (Å²) < 4.78 is 38.5. The van der Waals surface area contributed by atoms with Crippen LogP contribution >= 0.6 is 0 Å². The van der Waals surface area contributed by atoms with Crippen molar-refractivity contribution in [3.8, 4) is 11.5 Å². The first kappa shape index (κ1) is 24.1. The molecule has 0 aliphatic carbocycles. The van der Waals surface area contributed by atoms with Gasteiger partial charge in [-0.3, -0.25) is 4.79 Å². The van der Waals surface area contributed by atoms with Gasteiger partial charge in [-0.15, -0.1) is 0 Å². The maximum atomic E-state index is 13.2. The van der Waals surface area contributed by atoms with E-state index in [2.05, 4.69) is 5.32 Å². The highest BCUT2D eigenvalue weighted by molar-refractivity contribution is 7.89. The fourth-order valence-corrected chi connectivity index (χ4v) is 6.24. The number of methoxy groups -OCH3 is 2. The van der Waals surface area contributed by atoms with Crippen LogP contribution in [-0.2, 0) is 21.4 Å². The van der Waals surface area contributed by atoms with Crippen LogP contribution in [0.1, 0.15) is 35.1 Å². The molecule has 174 valence electrons. The van der Waals surface area contributed by atoms with Crippen LogP contribution in [0.25, 0.3) is 0 Å². The number of benzene rings is 2. The largest absolute Gasteiger partial charge is 0.497 e. The second-order valence-electron chi connectivity index (χ2n) is 8.34. The van der Waals surface area contributed by atoms with Gasteiger partial charge in [0.15, 0.2) is 0 Å². The minimum Gasteiger partial charge on any atom is -0.497 e. The van der Waals surface area contributed by atoms with Gasteiger partial charge in [0, 0.05) is 31.6 Å². The first-order valence-electron chi connectivity index (χ1n) is 10.7. The third-order valence-corrected chi connectivity index (χ3v) is 8.11. The summed E-state index contributed by atoms with van der Waals surface area (Å²) in [4.78, 5) is 13.1. The van der Waals surface area contributed by atoms with Crippen LogP contribution in [-0.4, -0.2) is 45.9 Å². The topological polar surface area (TPSA) is 84.9 Å². The molecule has 1 saturated heterocycles. The Labute approximate surface area is 190 Å². The molecule has 1 N–H and O–H groups in total. The first-order chi connectivity index (χ1) is 15.1. The van der Waals surface area contributed by atoms with Gasteiger partial charge in [0.1, 0.15) is 11.5 Å². The first-order valence-corrected chi connectivity index (χ1v) is 12.2. The molecule has 2 aromatic rings. The lowest BCUT2D eigenvalue weighted by molar-refractivity contribution is -0.126. The average Bonchev–Trinajstić information content (AvgIpc) is 2.76. The number of hydrogen-bond acceptors (Lipinski definition) is 5. The number of amides is 1. The molecular formula is C24H32N2O5S. The molecule has 0 bridgehead atoms. The van der Waals surface area contributed by atoms with Gasteiger partial charge in [-0.1, -0.05) is 17.7 Å². The van der Waals surface area contributed by atoms with Gasteiger partial charge in [0.25, 0.3) is 0 Å². The van der Waals surface area contributed by atoms with Crippen LogP contribution < -0.4 is 14.8 Å². The van der Waals surface area contributed by atoms with Gasteiger partial charge in [-0.05, 0) is 62.4 Å². The monoisotopic (exact) mass is 460 g/mol. The molecule has 0 saturated carbocycles. The Morgan fingerprint density at radius 1 is 0.969 bits per heavy atom. The fraction of sp³-hybridized carbons (Fsp3) is 0.458. The highest BCUT2D eigenvalue weighted by atomic mass is 32.2. The molecule has 32 heavy (non-hydrogen) atoms. The Kier molecular flexibility index (Phi) is 7.46. The normalized spacial score (nSPS) is 15.4. The Hall–Kier alpha value is -2.58. The smallest absolute Gasteiger partial charge is 0.243 e. The van der Waals surface area contributed by atoms with Crippen molar-refractivity contribution in [2.24, 2.45) is 5.92 Å². The summed E-state index contributed by atoms with van der Waals surface area (Å²) in [5.74, 6) is 1.04. The summed E-state index contributed by atoms with van der Waals surface area (Å²) in [5, 5.41) is 2.96. The number of aryl methyl sites for hydroxylation is 3. The number of nitrogens with zero attached hydrogens (tertiary/aromatic N) is 1. The van der Waals surface area contributed by atoms with E-state index < -0.39 is 10.0 Å². The Bertz CT molecular complexity index is 1040. The van der Waals surface area contributed by atoms with Crippen molar-refractivity contribution in [3.63, 3.8) is 0 Å². The maximum Gasteiger partial charge on any atom is 0.243 e. The lowest BCUT2D eigenvalue weighted by Crippen LogP contribution is -2.43. The van der Waals surface area contributed by atoms with E-state index >= 15 is 0 Å². The van der Waals surface area contributed by atoms with E-state index in [1.807, 2.05) is 45.0 Å². The lowest BCUT2D eigenvalue weighted by atomic mass is 9.97. The number of hydrogen-bond donors (Lipinski definition) is 1. The molecule has 0 radical (unpaired) electrons. The van der Waals surface area contributed by atoms with Crippen molar-refractivity contribution in [1.29, 1.82) is 0 Å². The minimum absolute atomic E-state index is 0.0634. The van der Waals surface area contributed by atoms with Crippen LogP contribution in [0, 0.1) is 26.7 Å². The van der Waals surface area contributed by atoms with E-state index in [9.17, 15) is 13.2 Å². The molecule has 2 aromatic carbocycles. The van der Waals surface area contributed by atoms with Gasteiger partial charge in [-0.2, -0.15) is 4.31 Å². The summed E-state index contributed by atoms with van der Waals surface area (Å²) >= 11 is 0. The van der Waals surface area contributed by atoms with Gasteiger partial charge < -0.3 is 14.8 Å². The van der Waals surface area contributed by atoms with Crippen molar-refractivity contribution < 1.29 is 22.7 Å². The number of piperidine rings is 1. The predicted molar refractivity (Wildman–Crippen MR) is 124 cm³/mol. The third kappa shape index (κ3) is 5.24. The van der Waals surface area contributed by atoms with E-state index in [0.29, 0.717) is 48.9 Å². The predicted octanol–water partition coefficient (Wildman–Crippen LogP) is 3.35. The van der Waals surface area contributed by atoms with Crippen molar-refractivity contribution in [3.05, 3.63) is 52.6 Å². The summed E-state index contributed by atoms with van der Waals surface area (Å²) in [6.07, 6.45) is 0.993. The van der Waals surface area contributed by atoms with Crippen LogP contribution in [0.2, 0.25) is 0 Å². The van der Waals surface area contributed by atoms with Crippen LogP contribution in [0.4, 0.5) is 0 Å². The van der Waals surface area contributed by atoms with Crippen LogP contribution in [0.3, 0.4) is 0 Å². The van der Waals surface area contributed by atoms with E-state index in [4.69, 9.17) is 9.47 Å². The van der Waals surface area contributed by atoms with Gasteiger partial charge in [-0.25, -0.2) is 8.42 Å². The molecule has 1 amide bonds. The molecule has 1 heterocycles. The van der Waals surface area contributed by atoms with Crippen molar-refractivity contribution >= 4 is 15.9 Å². The van der Waals surface area contributed by atoms with Crippen molar-refractivity contribution in [1.82, 2.24) is 9.62 Å². The average molecular weight is 461 g/mol. The molecule has 8 heteroatoms. The van der Waals surface area contributed by atoms with Crippen molar-refractivity contribution in [2.45, 2.75) is 45.1 Å². The molecule has 1 aliphatic heterocycles. The molecule has 1 fully saturated rings. The zero-order chi connectivity index (χ0) is 23.5. The third-order valence-electron chi connectivity index (χ3n) is 5.91. The van der Waals surface area contributed by atoms with E-state index in [0.717, 1.165) is 22.3 Å². The number of rotatable bonds is 7. The molecule has 0 aromatic heterocycles. The van der Waals surface area contributed by atoms with Gasteiger partial charge in [0.2, 0.25) is 15.9 Å². The second-order valence-corrected chi connectivity index (χ2v) is 10.2. The second kappa shape index (κ2) is 9.92. The molecule has 3 rings (SSSR count). The number of sulfonamides is 1. The zero-order valence-electron chi connectivity index (χ0n) is 19.4. The standard InChI is InChI=1S/C24H32N2O5S/c1-16-10-17(2)23(18(3)11-16)32(28,29)26-8-6-20(7-9-26)24(27)25-15-19-12-21(30-4)14-22(13-19)31-5/h10-14,20H,6-9,15H2,1-5H3,(H,25,27). The SMILES string of the molecule is COc1cc(CNC(=O)C2CCN(S(=O)(=O)c3c(C)cc(C)cc3C)CC2)cc(OC)c1. The summed E-state index contributed by atoms with van der Waals surface area (Å²) in [6.45, 7) is 6.65. The fourth-order valence-electron chi connectivity index (χ4n) is 4.36. The van der Waals surface area contributed by atoms with E-state index in [1.165, 1.54) is 4.31 Å². The lowest BCUT2D eigenvalue weighted by Gasteiger charge is -2.31. The van der Waals surface area contributed by atoms with Gasteiger partial charge >= 0.3 is 0 Å². The Morgan fingerprint density at radius 2 is 1.50 bits per heavy atom. The maximum absolute atomic E-state index is 13.2. The Morgan fingerprint density at radius 3 is 2.00 bits per heavy atom.